The highest BCUT2D eigenvalue weighted by Crippen LogP contribution is 2.33. The quantitative estimate of drug-likeness (QED) is 0.278. The zero-order valence-corrected chi connectivity index (χ0v) is 17.7. The Morgan fingerprint density at radius 1 is 1.19 bits per heavy atom. The molecular weight excluding hydrogens is 399 g/mol. The number of rotatable bonds is 9. The van der Waals surface area contributed by atoms with Gasteiger partial charge in [-0.05, 0) is 75.7 Å². The van der Waals surface area contributed by atoms with Gasteiger partial charge in [-0.15, -0.1) is 0 Å². The number of likely N-dealkylation sites (tertiary alicyclic amines) is 1. The number of benzene rings is 2. The van der Waals surface area contributed by atoms with Gasteiger partial charge >= 0.3 is 0 Å². The summed E-state index contributed by atoms with van der Waals surface area (Å²) in [6, 6.07) is 11.7. The summed E-state index contributed by atoms with van der Waals surface area (Å²) in [6.07, 6.45) is 2.94. The first-order valence-electron chi connectivity index (χ1n) is 10.7. The van der Waals surface area contributed by atoms with Crippen molar-refractivity contribution in [1.82, 2.24) is 10.1 Å². The number of piperidine rings is 1. The van der Waals surface area contributed by atoms with Crippen LogP contribution in [0.3, 0.4) is 0 Å². The second-order valence-electron chi connectivity index (χ2n) is 7.93. The van der Waals surface area contributed by atoms with E-state index in [0.29, 0.717) is 29.4 Å². The Balaban J connectivity index is 1.13. The fraction of sp³-hybridized carbons (Fsp3) is 0.417. The third kappa shape index (κ3) is 5.48. The van der Waals surface area contributed by atoms with Crippen molar-refractivity contribution in [1.29, 1.82) is 0 Å². The number of halogens is 1. The maximum absolute atomic E-state index is 13.3. The smallest absolute Gasteiger partial charge is 0.189 e. The lowest BCUT2D eigenvalue weighted by Crippen LogP contribution is -2.34. The third-order valence-corrected chi connectivity index (χ3v) is 5.76. The Labute approximate surface area is 180 Å². The van der Waals surface area contributed by atoms with Crippen molar-refractivity contribution in [3.05, 3.63) is 59.6 Å². The maximum Gasteiger partial charge on any atom is 0.189 e. The van der Waals surface area contributed by atoms with Crippen molar-refractivity contribution in [3.63, 3.8) is 0 Å². The molecular formula is C24H27FN2O4. The van der Waals surface area contributed by atoms with Crippen LogP contribution in [-0.2, 0) is 4.74 Å². The first-order valence-corrected chi connectivity index (χ1v) is 10.7. The fourth-order valence-electron chi connectivity index (χ4n) is 3.99. The molecule has 1 saturated heterocycles. The number of aromatic nitrogens is 1. The third-order valence-electron chi connectivity index (χ3n) is 5.76. The molecule has 0 aliphatic carbocycles. The van der Waals surface area contributed by atoms with E-state index < -0.39 is 0 Å². The topological polar surface area (TPSA) is 64.8 Å². The molecule has 0 atom stereocenters. The second kappa shape index (κ2) is 10.0. The first kappa shape index (κ1) is 21.5. The summed E-state index contributed by atoms with van der Waals surface area (Å²) >= 11 is 0. The van der Waals surface area contributed by atoms with Crippen LogP contribution in [0.5, 0.6) is 5.75 Å². The Kier molecular flexibility index (Phi) is 6.94. The molecule has 6 nitrogen and oxygen atoms in total. The number of Topliss-reactive ketones (excluding diaryl/α,β-unsaturated/α-hetero) is 1. The molecule has 1 aliphatic rings. The summed E-state index contributed by atoms with van der Waals surface area (Å²) in [4.78, 5) is 13.7. The summed E-state index contributed by atoms with van der Waals surface area (Å²) in [7, 11) is 0. The van der Waals surface area contributed by atoms with E-state index in [0.717, 1.165) is 50.0 Å². The number of hydrogen-bond donors (Lipinski definition) is 0. The van der Waals surface area contributed by atoms with Gasteiger partial charge in [-0.1, -0.05) is 5.16 Å². The standard InChI is InChI=1S/C24H27FN2O4/c1-17(28)18-3-6-21(7-4-18)30-16-29-14-2-11-27-12-9-19(10-13-27)24-22-8-5-20(25)15-23(22)26-31-24/h3-8,15,19H,2,9-14,16H2,1H3. The molecule has 164 valence electrons. The molecule has 7 heteroatoms. The van der Waals surface area contributed by atoms with Crippen LogP contribution in [-0.4, -0.2) is 48.9 Å². The number of carbonyl (C=O) groups is 1. The minimum atomic E-state index is -0.291. The van der Waals surface area contributed by atoms with E-state index >= 15 is 0 Å². The fourth-order valence-corrected chi connectivity index (χ4v) is 3.99. The van der Waals surface area contributed by atoms with Gasteiger partial charge < -0.3 is 18.9 Å². The molecule has 0 spiro atoms. The van der Waals surface area contributed by atoms with Crippen molar-refractivity contribution in [3.8, 4) is 5.75 Å². The zero-order chi connectivity index (χ0) is 21.6. The molecule has 0 unspecified atom stereocenters. The summed E-state index contributed by atoms with van der Waals surface area (Å²) in [5, 5.41) is 4.93. The molecule has 2 aromatic carbocycles. The van der Waals surface area contributed by atoms with E-state index in [9.17, 15) is 9.18 Å². The van der Waals surface area contributed by atoms with E-state index in [1.54, 1.807) is 37.3 Å². The average molecular weight is 426 g/mol. The SMILES string of the molecule is CC(=O)c1ccc(OCOCCCN2CCC(c3onc4cc(F)ccc34)CC2)cc1. The summed E-state index contributed by atoms with van der Waals surface area (Å²) in [5.41, 5.74) is 1.26. The Morgan fingerprint density at radius 3 is 2.71 bits per heavy atom. The van der Waals surface area contributed by atoms with Gasteiger partial charge in [0.1, 0.15) is 22.8 Å². The van der Waals surface area contributed by atoms with Gasteiger partial charge in [0.25, 0.3) is 0 Å². The molecule has 0 radical (unpaired) electrons. The summed E-state index contributed by atoms with van der Waals surface area (Å²) in [6.45, 7) is 5.33. The van der Waals surface area contributed by atoms with E-state index in [1.807, 2.05) is 0 Å². The maximum atomic E-state index is 13.3. The average Bonchev–Trinajstić information content (AvgIpc) is 3.20. The zero-order valence-electron chi connectivity index (χ0n) is 17.7. The van der Waals surface area contributed by atoms with Crippen LogP contribution < -0.4 is 4.74 Å². The minimum absolute atomic E-state index is 0.0383. The number of carbonyl (C=O) groups excluding carboxylic acids is 1. The van der Waals surface area contributed by atoms with Gasteiger partial charge in [0.05, 0.1) is 6.61 Å². The normalized spacial score (nSPS) is 15.4. The number of ketones is 1. The van der Waals surface area contributed by atoms with Crippen molar-refractivity contribution >= 4 is 16.7 Å². The van der Waals surface area contributed by atoms with E-state index in [2.05, 4.69) is 10.1 Å². The van der Waals surface area contributed by atoms with Gasteiger partial charge in [0.2, 0.25) is 0 Å². The highest BCUT2D eigenvalue weighted by Gasteiger charge is 2.25. The number of fused-ring (bicyclic) bond motifs is 1. The molecule has 1 aliphatic heterocycles. The van der Waals surface area contributed by atoms with Gasteiger partial charge in [0.15, 0.2) is 12.6 Å². The van der Waals surface area contributed by atoms with Crippen LogP contribution >= 0.6 is 0 Å². The molecule has 0 saturated carbocycles. The van der Waals surface area contributed by atoms with E-state index in [4.69, 9.17) is 14.0 Å². The van der Waals surface area contributed by atoms with Crippen LogP contribution in [0.4, 0.5) is 4.39 Å². The highest BCUT2D eigenvalue weighted by atomic mass is 19.1. The van der Waals surface area contributed by atoms with Gasteiger partial charge in [-0.25, -0.2) is 4.39 Å². The van der Waals surface area contributed by atoms with E-state index in [-0.39, 0.29) is 18.4 Å². The Morgan fingerprint density at radius 2 is 1.97 bits per heavy atom. The van der Waals surface area contributed by atoms with Crippen LogP contribution in [0.15, 0.2) is 47.0 Å². The minimum Gasteiger partial charge on any atom is -0.468 e. The molecule has 3 aromatic rings. The molecule has 1 aromatic heterocycles. The number of nitrogens with zero attached hydrogens (tertiary/aromatic N) is 2. The largest absolute Gasteiger partial charge is 0.468 e. The number of ether oxygens (including phenoxy) is 2. The van der Waals surface area contributed by atoms with Crippen molar-refractivity contribution in [2.24, 2.45) is 0 Å². The van der Waals surface area contributed by atoms with Crippen molar-refractivity contribution < 1.29 is 23.2 Å². The molecule has 0 bridgehead atoms. The molecule has 0 amide bonds. The van der Waals surface area contributed by atoms with Gasteiger partial charge in [0, 0.05) is 29.5 Å². The first-order chi connectivity index (χ1) is 15.1. The molecule has 31 heavy (non-hydrogen) atoms. The van der Waals surface area contributed by atoms with Crippen molar-refractivity contribution in [2.45, 2.75) is 32.1 Å². The van der Waals surface area contributed by atoms with Crippen molar-refractivity contribution in [2.75, 3.05) is 33.0 Å². The Hall–Kier alpha value is -2.77. The van der Waals surface area contributed by atoms with E-state index in [1.165, 1.54) is 12.1 Å². The van der Waals surface area contributed by atoms with Gasteiger partial charge in [-0.3, -0.25) is 4.79 Å². The second-order valence-corrected chi connectivity index (χ2v) is 7.93. The van der Waals surface area contributed by atoms with Gasteiger partial charge in [-0.2, -0.15) is 0 Å². The molecule has 2 heterocycles. The number of hydrogen-bond acceptors (Lipinski definition) is 6. The highest BCUT2D eigenvalue weighted by molar-refractivity contribution is 5.94. The van der Waals surface area contributed by atoms with Crippen LogP contribution in [0.25, 0.3) is 10.9 Å². The van der Waals surface area contributed by atoms with Crippen LogP contribution in [0, 0.1) is 5.82 Å². The Bertz CT molecular complexity index is 1010. The molecule has 0 N–H and O–H groups in total. The molecule has 1 fully saturated rings. The molecule has 4 rings (SSSR count). The monoisotopic (exact) mass is 426 g/mol. The predicted octanol–water partition coefficient (Wildman–Crippen LogP) is 4.79. The lowest BCUT2D eigenvalue weighted by Gasteiger charge is -2.30. The summed E-state index contributed by atoms with van der Waals surface area (Å²) < 4.78 is 30.0. The summed E-state index contributed by atoms with van der Waals surface area (Å²) in [5.74, 6) is 1.64. The predicted molar refractivity (Wildman–Crippen MR) is 115 cm³/mol. The lowest BCUT2D eigenvalue weighted by molar-refractivity contribution is 0.0106. The van der Waals surface area contributed by atoms with Crippen LogP contribution in [0.2, 0.25) is 0 Å². The lowest BCUT2D eigenvalue weighted by atomic mass is 9.92. The van der Waals surface area contributed by atoms with Crippen LogP contribution in [0.1, 0.15) is 48.2 Å².